The Morgan fingerprint density at radius 3 is 2.52 bits per heavy atom. The van der Waals surface area contributed by atoms with Gasteiger partial charge in [0.25, 0.3) is 0 Å². The minimum atomic E-state index is 0.108. The zero-order valence-electron chi connectivity index (χ0n) is 14.0. The summed E-state index contributed by atoms with van der Waals surface area (Å²) in [6, 6.07) is 14.8. The molecule has 1 aliphatic heterocycles. The highest BCUT2D eigenvalue weighted by molar-refractivity contribution is 7.99. The van der Waals surface area contributed by atoms with E-state index in [0.717, 1.165) is 17.8 Å². The van der Waals surface area contributed by atoms with Crippen molar-refractivity contribution in [3.05, 3.63) is 48.0 Å². The van der Waals surface area contributed by atoms with Gasteiger partial charge in [0.2, 0.25) is 0 Å². The van der Waals surface area contributed by atoms with Gasteiger partial charge in [-0.05, 0) is 52.2 Å². The summed E-state index contributed by atoms with van der Waals surface area (Å²) >= 11 is 1.78. The maximum Gasteiger partial charge on any atom is 0.159 e. The van der Waals surface area contributed by atoms with Gasteiger partial charge in [0.05, 0.1) is 11.4 Å². The predicted octanol–water partition coefficient (Wildman–Crippen LogP) is 4.44. The fourth-order valence-corrected chi connectivity index (χ4v) is 4.14. The lowest BCUT2D eigenvalue weighted by Crippen LogP contribution is -2.38. The molecule has 3 nitrogen and oxygen atoms in total. The van der Waals surface area contributed by atoms with Crippen molar-refractivity contribution < 1.29 is 4.79 Å². The Hall–Kier alpha value is -1.78. The number of benzene rings is 2. The molecule has 2 aromatic rings. The van der Waals surface area contributed by atoms with E-state index in [9.17, 15) is 4.79 Å². The van der Waals surface area contributed by atoms with Crippen LogP contribution in [0.3, 0.4) is 0 Å². The monoisotopic (exact) mass is 326 g/mol. The molecule has 0 amide bonds. The van der Waals surface area contributed by atoms with Gasteiger partial charge in [0, 0.05) is 27.9 Å². The van der Waals surface area contributed by atoms with Gasteiger partial charge in [-0.15, -0.1) is 0 Å². The molecule has 1 aliphatic rings. The van der Waals surface area contributed by atoms with Crippen LogP contribution >= 0.6 is 11.8 Å². The Bertz CT molecular complexity index is 742. The lowest BCUT2D eigenvalue weighted by molar-refractivity contribution is 0.101. The van der Waals surface area contributed by atoms with Crippen molar-refractivity contribution in [3.8, 4) is 0 Å². The molecule has 0 radical (unpaired) electrons. The van der Waals surface area contributed by atoms with Crippen LogP contribution in [0.5, 0.6) is 0 Å². The number of carbonyl (C=O) groups excluding carboxylic acids is 1. The van der Waals surface area contributed by atoms with Crippen molar-refractivity contribution in [3.63, 3.8) is 0 Å². The minimum Gasteiger partial charge on any atom is -0.335 e. The van der Waals surface area contributed by atoms with Gasteiger partial charge in [-0.2, -0.15) is 0 Å². The van der Waals surface area contributed by atoms with Crippen LogP contribution in [-0.2, 0) is 0 Å². The van der Waals surface area contributed by atoms with Crippen LogP contribution in [-0.4, -0.2) is 37.4 Å². The highest BCUT2D eigenvalue weighted by Crippen LogP contribution is 2.49. The fourth-order valence-electron chi connectivity index (χ4n) is 3.09. The molecular weight excluding hydrogens is 304 g/mol. The summed E-state index contributed by atoms with van der Waals surface area (Å²) in [7, 11) is 4.18. The molecule has 23 heavy (non-hydrogen) atoms. The lowest BCUT2D eigenvalue weighted by Gasteiger charge is -2.38. The molecule has 1 heterocycles. The highest BCUT2D eigenvalue weighted by Gasteiger charge is 2.27. The number of fused-ring (bicyclic) bond motifs is 2. The minimum absolute atomic E-state index is 0.108. The number of anilines is 2. The maximum absolute atomic E-state index is 11.8. The molecular formula is C19H22N2OS. The summed E-state index contributed by atoms with van der Waals surface area (Å²) in [4.78, 5) is 18.8. The molecule has 4 heteroatoms. The van der Waals surface area contributed by atoms with E-state index in [-0.39, 0.29) is 5.78 Å². The molecule has 2 aromatic carbocycles. The van der Waals surface area contributed by atoms with E-state index in [1.807, 2.05) is 12.1 Å². The molecule has 1 atom stereocenters. The van der Waals surface area contributed by atoms with Crippen LogP contribution in [0.15, 0.2) is 52.3 Å². The van der Waals surface area contributed by atoms with Crippen LogP contribution in [0.2, 0.25) is 0 Å². The van der Waals surface area contributed by atoms with Gasteiger partial charge in [-0.1, -0.05) is 30.0 Å². The standard InChI is InChI=1S/C19H22N2OS/c1-13(12-20(3)4)21-16-7-5-6-8-18(16)23-19-10-9-15(14(2)22)11-17(19)21/h5-11,13H,12H2,1-4H3. The van der Waals surface area contributed by atoms with E-state index in [0.29, 0.717) is 6.04 Å². The first-order valence-corrected chi connectivity index (χ1v) is 8.65. The molecule has 0 saturated carbocycles. The second-order valence-corrected chi connectivity index (χ2v) is 7.37. The number of rotatable bonds is 4. The number of hydrogen-bond donors (Lipinski definition) is 0. The van der Waals surface area contributed by atoms with Crippen molar-refractivity contribution in [2.45, 2.75) is 29.7 Å². The van der Waals surface area contributed by atoms with Crippen LogP contribution < -0.4 is 4.90 Å². The molecule has 0 bridgehead atoms. The second kappa shape index (κ2) is 6.38. The molecule has 0 spiro atoms. The van der Waals surface area contributed by atoms with Crippen LogP contribution in [0.1, 0.15) is 24.2 Å². The Morgan fingerprint density at radius 2 is 1.83 bits per heavy atom. The molecule has 1 unspecified atom stereocenters. The number of Topliss-reactive ketones (excluding diaryl/α,β-unsaturated/α-hetero) is 1. The van der Waals surface area contributed by atoms with E-state index in [1.165, 1.54) is 15.5 Å². The molecule has 0 aromatic heterocycles. The normalized spacial score (nSPS) is 14.4. The topological polar surface area (TPSA) is 23.6 Å². The number of para-hydroxylation sites is 1. The summed E-state index contributed by atoms with van der Waals surface area (Å²) in [6.45, 7) is 4.80. The first-order valence-electron chi connectivity index (χ1n) is 7.83. The molecule has 120 valence electrons. The fraction of sp³-hybridized carbons (Fsp3) is 0.316. The zero-order valence-corrected chi connectivity index (χ0v) is 14.9. The van der Waals surface area contributed by atoms with E-state index < -0.39 is 0 Å². The SMILES string of the molecule is CC(=O)c1ccc2c(c1)N(C(C)CN(C)C)c1ccccc1S2. The highest BCUT2D eigenvalue weighted by atomic mass is 32.2. The Morgan fingerprint density at radius 1 is 1.13 bits per heavy atom. The zero-order chi connectivity index (χ0) is 16.6. The largest absolute Gasteiger partial charge is 0.335 e. The number of nitrogens with zero attached hydrogens (tertiary/aromatic N) is 2. The average molecular weight is 326 g/mol. The third kappa shape index (κ3) is 3.14. The van der Waals surface area contributed by atoms with Crippen molar-refractivity contribution in [2.24, 2.45) is 0 Å². The first kappa shape index (κ1) is 16.1. The second-order valence-electron chi connectivity index (χ2n) is 6.29. The maximum atomic E-state index is 11.8. The smallest absolute Gasteiger partial charge is 0.159 e. The van der Waals surface area contributed by atoms with Gasteiger partial charge >= 0.3 is 0 Å². The molecule has 0 aliphatic carbocycles. The van der Waals surface area contributed by atoms with Crippen LogP contribution in [0.25, 0.3) is 0 Å². The van der Waals surface area contributed by atoms with Crippen molar-refractivity contribution in [1.29, 1.82) is 0 Å². The third-order valence-corrected chi connectivity index (χ3v) is 5.17. The predicted molar refractivity (Wildman–Crippen MR) is 97.2 cm³/mol. The number of hydrogen-bond acceptors (Lipinski definition) is 4. The summed E-state index contributed by atoms with van der Waals surface area (Å²) in [5.74, 6) is 0.108. The molecule has 0 fully saturated rings. The summed E-state index contributed by atoms with van der Waals surface area (Å²) in [5.41, 5.74) is 3.13. The first-order chi connectivity index (χ1) is 11.0. The van der Waals surface area contributed by atoms with Crippen molar-refractivity contribution in [2.75, 3.05) is 25.5 Å². The van der Waals surface area contributed by atoms with Gasteiger partial charge in [-0.25, -0.2) is 0 Å². The summed E-state index contributed by atoms with van der Waals surface area (Å²) in [5, 5.41) is 0. The van der Waals surface area contributed by atoms with E-state index in [4.69, 9.17) is 0 Å². The number of carbonyl (C=O) groups is 1. The number of ketones is 1. The van der Waals surface area contributed by atoms with E-state index in [1.54, 1.807) is 18.7 Å². The van der Waals surface area contributed by atoms with Gasteiger partial charge in [-0.3, -0.25) is 4.79 Å². The van der Waals surface area contributed by atoms with Crippen molar-refractivity contribution in [1.82, 2.24) is 4.90 Å². The molecule has 3 rings (SSSR count). The van der Waals surface area contributed by atoms with Crippen LogP contribution in [0.4, 0.5) is 11.4 Å². The van der Waals surface area contributed by atoms with Gasteiger partial charge < -0.3 is 9.80 Å². The Kier molecular flexibility index (Phi) is 4.46. The van der Waals surface area contributed by atoms with E-state index >= 15 is 0 Å². The Labute approximate surface area is 142 Å². The molecule has 0 saturated heterocycles. The van der Waals surface area contributed by atoms with Crippen LogP contribution in [0, 0.1) is 0 Å². The Balaban J connectivity index is 2.12. The summed E-state index contributed by atoms with van der Waals surface area (Å²) < 4.78 is 0. The third-order valence-electron chi connectivity index (χ3n) is 4.04. The summed E-state index contributed by atoms with van der Waals surface area (Å²) in [6.07, 6.45) is 0. The quantitative estimate of drug-likeness (QED) is 0.775. The number of likely N-dealkylation sites (N-methyl/N-ethyl adjacent to an activating group) is 1. The van der Waals surface area contributed by atoms with Gasteiger partial charge in [0.1, 0.15) is 0 Å². The van der Waals surface area contributed by atoms with Gasteiger partial charge in [0.15, 0.2) is 5.78 Å². The lowest BCUT2D eigenvalue weighted by atomic mass is 10.1. The van der Waals surface area contributed by atoms with E-state index in [2.05, 4.69) is 61.2 Å². The van der Waals surface area contributed by atoms with Crippen molar-refractivity contribution >= 4 is 28.9 Å². The average Bonchev–Trinajstić information content (AvgIpc) is 2.51. The molecule has 0 N–H and O–H groups in total.